The number of hydrogen-bond acceptors (Lipinski definition) is 5. The average Bonchev–Trinajstić information content (AvgIpc) is 3.28. The number of halogens is 3. The Morgan fingerprint density at radius 2 is 1.78 bits per heavy atom. The van der Waals surface area contributed by atoms with E-state index in [-0.39, 0.29) is 4.88 Å². The Bertz CT molecular complexity index is 1120. The molecule has 0 saturated carbocycles. The van der Waals surface area contributed by atoms with Crippen LogP contribution < -0.4 is 15.4 Å². The van der Waals surface area contributed by atoms with Gasteiger partial charge in [0.25, 0.3) is 0 Å². The number of aliphatic hydroxyl groups is 1. The Hall–Kier alpha value is -2.95. The van der Waals surface area contributed by atoms with E-state index in [2.05, 4.69) is 5.32 Å². The lowest BCUT2D eigenvalue weighted by Crippen LogP contribution is -2.72. The summed E-state index contributed by atoms with van der Waals surface area (Å²) in [4.78, 5) is 13.3. The van der Waals surface area contributed by atoms with Crippen LogP contribution in [-0.2, 0) is 0 Å². The van der Waals surface area contributed by atoms with E-state index in [1.54, 1.807) is 53.9 Å². The maximum Gasteiger partial charge on any atom is 0.437 e. The van der Waals surface area contributed by atoms with Crippen LogP contribution in [0.4, 0.5) is 13.2 Å². The third-order valence-electron chi connectivity index (χ3n) is 5.05. The van der Waals surface area contributed by atoms with Crippen molar-refractivity contribution in [1.29, 1.82) is 0 Å². The summed E-state index contributed by atoms with van der Waals surface area (Å²) < 4.78 is 47.9. The van der Waals surface area contributed by atoms with Crippen molar-refractivity contribution in [3.63, 3.8) is 0 Å². The van der Waals surface area contributed by atoms with Crippen LogP contribution >= 0.6 is 23.6 Å². The van der Waals surface area contributed by atoms with Gasteiger partial charge in [0.05, 0.1) is 10.9 Å². The van der Waals surface area contributed by atoms with Crippen molar-refractivity contribution in [2.75, 3.05) is 0 Å². The SMILES string of the molecule is O=C(c1cccs1)[C@H]1[C@H](c2cccc(Oc3ccccc3)c2)NC(=S)N[C@@]1(O)C(F)(F)F. The number of hydrogen-bond donors (Lipinski definition) is 3. The third-order valence-corrected chi connectivity index (χ3v) is 6.15. The van der Waals surface area contributed by atoms with E-state index in [0.29, 0.717) is 17.1 Å². The highest BCUT2D eigenvalue weighted by molar-refractivity contribution is 7.80. The number of para-hydroxylation sites is 1. The maximum atomic E-state index is 14.0. The minimum absolute atomic E-state index is 0.0933. The van der Waals surface area contributed by atoms with Gasteiger partial charge in [-0.25, -0.2) is 0 Å². The molecule has 1 fully saturated rings. The smallest absolute Gasteiger partial charge is 0.437 e. The van der Waals surface area contributed by atoms with Crippen LogP contribution in [0.25, 0.3) is 0 Å². The lowest BCUT2D eigenvalue weighted by atomic mass is 9.78. The van der Waals surface area contributed by atoms with Crippen LogP contribution in [0.2, 0.25) is 0 Å². The number of ketones is 1. The summed E-state index contributed by atoms with van der Waals surface area (Å²) in [5, 5.41) is 16.5. The number of Topliss-reactive ketones (excluding diaryl/α,β-unsaturated/α-hetero) is 1. The Morgan fingerprint density at radius 1 is 1.06 bits per heavy atom. The molecule has 0 unspecified atom stereocenters. The molecule has 1 aromatic heterocycles. The zero-order valence-electron chi connectivity index (χ0n) is 16.3. The van der Waals surface area contributed by atoms with E-state index in [1.165, 1.54) is 12.1 Å². The summed E-state index contributed by atoms with van der Waals surface area (Å²) in [6.45, 7) is 0. The number of alkyl halides is 3. The van der Waals surface area contributed by atoms with Crippen LogP contribution in [0.3, 0.4) is 0 Å². The number of carbonyl (C=O) groups excluding carboxylic acids is 1. The molecule has 10 heteroatoms. The normalized spacial score (nSPS) is 23.2. The molecule has 0 aliphatic carbocycles. The molecular weight excluding hydrogens is 461 g/mol. The van der Waals surface area contributed by atoms with Gasteiger partial charge in [0.2, 0.25) is 5.72 Å². The number of nitrogens with one attached hydrogen (secondary N) is 2. The summed E-state index contributed by atoms with van der Waals surface area (Å²) in [6, 6.07) is 16.9. The second kappa shape index (κ2) is 8.53. The highest BCUT2D eigenvalue weighted by Gasteiger charge is 2.65. The molecule has 1 aliphatic heterocycles. The second-order valence-corrected chi connectivity index (χ2v) is 8.50. The molecule has 0 spiro atoms. The fourth-order valence-electron chi connectivity index (χ4n) is 3.58. The van der Waals surface area contributed by atoms with Crippen molar-refractivity contribution in [2.24, 2.45) is 5.92 Å². The fraction of sp³-hybridized carbons (Fsp3) is 0.182. The average molecular weight is 479 g/mol. The lowest BCUT2D eigenvalue weighted by Gasteiger charge is -2.46. The topological polar surface area (TPSA) is 70.6 Å². The highest BCUT2D eigenvalue weighted by Crippen LogP contribution is 2.44. The molecule has 0 bridgehead atoms. The fourth-order valence-corrected chi connectivity index (χ4v) is 4.57. The third kappa shape index (κ3) is 4.21. The van der Waals surface area contributed by atoms with Crippen LogP contribution in [-0.4, -0.2) is 27.9 Å². The Labute approximate surface area is 190 Å². The predicted octanol–water partition coefficient (Wildman–Crippen LogP) is 4.81. The molecule has 0 amide bonds. The van der Waals surface area contributed by atoms with Gasteiger partial charge in [-0.1, -0.05) is 36.4 Å². The van der Waals surface area contributed by atoms with Crippen molar-refractivity contribution in [3.05, 3.63) is 82.6 Å². The van der Waals surface area contributed by atoms with E-state index in [4.69, 9.17) is 17.0 Å². The largest absolute Gasteiger partial charge is 0.457 e. The van der Waals surface area contributed by atoms with Crippen molar-refractivity contribution >= 4 is 34.5 Å². The first kappa shape index (κ1) is 22.3. The number of rotatable bonds is 5. The minimum Gasteiger partial charge on any atom is -0.457 e. The molecule has 2 heterocycles. The molecule has 166 valence electrons. The quantitative estimate of drug-likeness (QED) is 0.361. The van der Waals surface area contributed by atoms with Gasteiger partial charge in [-0.2, -0.15) is 13.2 Å². The van der Waals surface area contributed by atoms with E-state index in [1.807, 2.05) is 11.4 Å². The summed E-state index contributed by atoms with van der Waals surface area (Å²) in [5.41, 5.74) is -3.25. The molecule has 3 N–H and O–H groups in total. The number of carbonyl (C=O) groups is 1. The van der Waals surface area contributed by atoms with Crippen molar-refractivity contribution < 1.29 is 27.8 Å². The number of ether oxygens (including phenoxy) is 1. The van der Waals surface area contributed by atoms with Gasteiger partial charge in [0.1, 0.15) is 17.4 Å². The Kier molecular flexibility index (Phi) is 5.93. The van der Waals surface area contributed by atoms with E-state index >= 15 is 0 Å². The van der Waals surface area contributed by atoms with Gasteiger partial charge in [-0.3, -0.25) is 4.79 Å². The molecule has 1 saturated heterocycles. The molecule has 3 atom stereocenters. The lowest BCUT2D eigenvalue weighted by molar-refractivity contribution is -0.285. The van der Waals surface area contributed by atoms with Crippen LogP contribution in [0.5, 0.6) is 11.5 Å². The van der Waals surface area contributed by atoms with E-state index in [9.17, 15) is 23.1 Å². The zero-order valence-corrected chi connectivity index (χ0v) is 17.9. The predicted molar refractivity (Wildman–Crippen MR) is 118 cm³/mol. The van der Waals surface area contributed by atoms with Crippen molar-refractivity contribution in [3.8, 4) is 11.5 Å². The molecule has 1 aliphatic rings. The first-order valence-electron chi connectivity index (χ1n) is 9.47. The first-order valence-corrected chi connectivity index (χ1v) is 10.8. The number of thiocarbonyl (C=S) groups is 1. The highest BCUT2D eigenvalue weighted by atomic mass is 32.1. The van der Waals surface area contributed by atoms with Crippen LogP contribution in [0.15, 0.2) is 72.1 Å². The van der Waals surface area contributed by atoms with Gasteiger partial charge >= 0.3 is 6.18 Å². The maximum absolute atomic E-state index is 14.0. The molecule has 5 nitrogen and oxygen atoms in total. The number of benzene rings is 2. The van der Waals surface area contributed by atoms with E-state index in [0.717, 1.165) is 11.3 Å². The molecule has 4 rings (SSSR count). The van der Waals surface area contributed by atoms with Crippen LogP contribution in [0, 0.1) is 5.92 Å². The zero-order chi connectivity index (χ0) is 22.9. The summed E-state index contributed by atoms with van der Waals surface area (Å²) >= 11 is 5.95. The van der Waals surface area contributed by atoms with Gasteiger partial charge < -0.3 is 20.5 Å². The van der Waals surface area contributed by atoms with Gasteiger partial charge in [-0.15, -0.1) is 11.3 Å². The summed E-state index contributed by atoms with van der Waals surface area (Å²) in [6.07, 6.45) is -5.17. The van der Waals surface area contributed by atoms with Gasteiger partial charge in [-0.05, 0) is 53.5 Å². The monoisotopic (exact) mass is 478 g/mol. The van der Waals surface area contributed by atoms with Crippen molar-refractivity contribution in [1.82, 2.24) is 10.6 Å². The Morgan fingerprint density at radius 3 is 2.44 bits per heavy atom. The summed E-state index contributed by atoms with van der Waals surface area (Å²) in [7, 11) is 0. The van der Waals surface area contributed by atoms with Gasteiger partial charge in [0, 0.05) is 0 Å². The summed E-state index contributed by atoms with van der Waals surface area (Å²) in [5.74, 6) is -1.91. The molecule has 0 radical (unpaired) electrons. The molecule has 3 aromatic rings. The van der Waals surface area contributed by atoms with Crippen molar-refractivity contribution in [2.45, 2.75) is 17.9 Å². The molecule has 2 aromatic carbocycles. The van der Waals surface area contributed by atoms with Gasteiger partial charge in [0.15, 0.2) is 10.9 Å². The second-order valence-electron chi connectivity index (χ2n) is 7.15. The van der Waals surface area contributed by atoms with E-state index < -0.39 is 34.8 Å². The van der Waals surface area contributed by atoms with Crippen LogP contribution in [0.1, 0.15) is 21.3 Å². The standard InChI is InChI=1S/C22H17F3N2O3S2/c23-22(24,25)21(29)17(19(28)16-10-5-11-32-16)18(26-20(31)27-21)13-6-4-9-15(12-13)30-14-7-2-1-3-8-14/h1-12,17-18,29H,(H2,26,27,31)/t17-,18+,21+/m1/s1. The molecular formula is C22H17F3N2O3S2. The molecule has 32 heavy (non-hydrogen) atoms. The first-order chi connectivity index (χ1) is 15.2. The minimum atomic E-state index is -5.17. The number of thiophene rings is 1. The Balaban J connectivity index is 1.77.